The SMILES string of the molecule is C/C(=N/NC(=S)NCc1ccccc1)c1ccc(S(=O)(=O)N(C)C)cc1. The molecule has 2 aromatic carbocycles. The summed E-state index contributed by atoms with van der Waals surface area (Å²) in [5.41, 5.74) is 5.42. The molecule has 6 nitrogen and oxygen atoms in total. The standard InChI is InChI=1S/C18H22N4O2S2/c1-14(16-9-11-17(12-10-16)26(23,24)22(2)3)20-21-18(25)19-13-15-7-5-4-6-8-15/h4-12H,13H2,1-3H3,(H2,19,21,25)/b20-14-. The number of nitrogens with zero attached hydrogens (tertiary/aromatic N) is 2. The summed E-state index contributed by atoms with van der Waals surface area (Å²) in [6.07, 6.45) is 0. The van der Waals surface area contributed by atoms with E-state index < -0.39 is 10.0 Å². The van der Waals surface area contributed by atoms with Gasteiger partial charge in [-0.15, -0.1) is 0 Å². The Kier molecular flexibility index (Phi) is 6.84. The van der Waals surface area contributed by atoms with Crippen LogP contribution in [0.15, 0.2) is 64.6 Å². The summed E-state index contributed by atoms with van der Waals surface area (Å²) in [5, 5.41) is 7.73. The Hall–Kier alpha value is -2.29. The van der Waals surface area contributed by atoms with E-state index in [2.05, 4.69) is 15.8 Å². The second-order valence-corrected chi connectivity index (χ2v) is 8.35. The van der Waals surface area contributed by atoms with Crippen molar-refractivity contribution in [3.63, 3.8) is 0 Å². The zero-order chi connectivity index (χ0) is 19.2. The first-order chi connectivity index (χ1) is 12.3. The lowest BCUT2D eigenvalue weighted by molar-refractivity contribution is 0.521. The summed E-state index contributed by atoms with van der Waals surface area (Å²) >= 11 is 5.21. The number of benzene rings is 2. The summed E-state index contributed by atoms with van der Waals surface area (Å²) in [5.74, 6) is 0. The Morgan fingerprint density at radius 3 is 2.27 bits per heavy atom. The van der Waals surface area contributed by atoms with E-state index in [0.717, 1.165) is 11.1 Å². The topological polar surface area (TPSA) is 73.8 Å². The molecule has 2 rings (SSSR count). The van der Waals surface area contributed by atoms with E-state index in [4.69, 9.17) is 12.2 Å². The summed E-state index contributed by atoms with van der Waals surface area (Å²) in [6, 6.07) is 16.5. The van der Waals surface area contributed by atoms with Crippen LogP contribution < -0.4 is 10.7 Å². The van der Waals surface area contributed by atoms with Crippen molar-refractivity contribution < 1.29 is 8.42 Å². The molecule has 0 amide bonds. The second kappa shape index (κ2) is 8.88. The summed E-state index contributed by atoms with van der Waals surface area (Å²) in [6.45, 7) is 2.43. The van der Waals surface area contributed by atoms with Crippen molar-refractivity contribution in [1.82, 2.24) is 15.0 Å². The Balaban J connectivity index is 1.95. The first-order valence-corrected chi connectivity index (χ1v) is 9.80. The Labute approximate surface area is 160 Å². The summed E-state index contributed by atoms with van der Waals surface area (Å²) < 4.78 is 25.3. The van der Waals surface area contributed by atoms with Gasteiger partial charge in [0.15, 0.2) is 5.11 Å². The average Bonchev–Trinajstić information content (AvgIpc) is 2.65. The average molecular weight is 391 g/mol. The number of thiocarbonyl (C=S) groups is 1. The minimum atomic E-state index is -3.43. The fourth-order valence-electron chi connectivity index (χ4n) is 2.10. The van der Waals surface area contributed by atoms with Crippen LogP contribution in [0.1, 0.15) is 18.1 Å². The van der Waals surface area contributed by atoms with Gasteiger partial charge in [0.2, 0.25) is 10.0 Å². The van der Waals surface area contributed by atoms with Crippen molar-refractivity contribution in [3.8, 4) is 0 Å². The molecule has 0 spiro atoms. The number of hydrazone groups is 1. The maximum atomic E-state index is 12.1. The molecule has 8 heteroatoms. The highest BCUT2D eigenvalue weighted by atomic mass is 32.2. The lowest BCUT2D eigenvalue weighted by atomic mass is 10.1. The molecule has 0 aromatic heterocycles. The highest BCUT2D eigenvalue weighted by Gasteiger charge is 2.16. The van der Waals surface area contributed by atoms with Crippen LogP contribution in [0.25, 0.3) is 0 Å². The number of nitrogens with one attached hydrogen (secondary N) is 2. The number of rotatable bonds is 6. The van der Waals surface area contributed by atoms with E-state index in [-0.39, 0.29) is 4.90 Å². The molecule has 0 aliphatic rings. The van der Waals surface area contributed by atoms with Crippen LogP contribution in [-0.4, -0.2) is 37.6 Å². The van der Waals surface area contributed by atoms with Crippen molar-refractivity contribution in [2.24, 2.45) is 5.10 Å². The zero-order valence-corrected chi connectivity index (χ0v) is 16.6. The zero-order valence-electron chi connectivity index (χ0n) is 14.9. The smallest absolute Gasteiger partial charge is 0.242 e. The van der Waals surface area contributed by atoms with Crippen LogP contribution in [0, 0.1) is 0 Å². The van der Waals surface area contributed by atoms with Gasteiger partial charge >= 0.3 is 0 Å². The van der Waals surface area contributed by atoms with Crippen LogP contribution in [0.3, 0.4) is 0 Å². The molecule has 0 atom stereocenters. The fourth-order valence-corrected chi connectivity index (χ4v) is 3.12. The normalized spacial score (nSPS) is 12.1. The highest BCUT2D eigenvalue weighted by Crippen LogP contribution is 2.14. The predicted molar refractivity (Wildman–Crippen MR) is 109 cm³/mol. The second-order valence-electron chi connectivity index (χ2n) is 5.79. The molecule has 26 heavy (non-hydrogen) atoms. The first kappa shape index (κ1) is 20.0. The minimum Gasteiger partial charge on any atom is -0.357 e. The third-order valence-corrected chi connectivity index (χ3v) is 5.74. The van der Waals surface area contributed by atoms with Gasteiger partial charge < -0.3 is 5.32 Å². The molecule has 0 bridgehead atoms. The van der Waals surface area contributed by atoms with E-state index in [1.807, 2.05) is 37.3 Å². The molecule has 2 N–H and O–H groups in total. The van der Waals surface area contributed by atoms with Gasteiger partial charge in [-0.25, -0.2) is 12.7 Å². The van der Waals surface area contributed by atoms with Crippen molar-refractivity contribution in [1.29, 1.82) is 0 Å². The van der Waals surface area contributed by atoms with Crippen LogP contribution in [-0.2, 0) is 16.6 Å². The van der Waals surface area contributed by atoms with Crippen molar-refractivity contribution >= 4 is 33.1 Å². The monoisotopic (exact) mass is 390 g/mol. The van der Waals surface area contributed by atoms with Gasteiger partial charge in [-0.3, -0.25) is 5.43 Å². The van der Waals surface area contributed by atoms with Crippen molar-refractivity contribution in [3.05, 3.63) is 65.7 Å². The number of hydrogen-bond donors (Lipinski definition) is 2. The van der Waals surface area contributed by atoms with Crippen LogP contribution in [0.4, 0.5) is 0 Å². The number of hydrogen-bond acceptors (Lipinski definition) is 4. The van der Waals surface area contributed by atoms with Gasteiger partial charge in [0, 0.05) is 20.6 Å². The predicted octanol–water partition coefficient (Wildman–Crippen LogP) is 2.33. The minimum absolute atomic E-state index is 0.243. The van der Waals surface area contributed by atoms with Crippen LogP contribution in [0.2, 0.25) is 0 Å². The van der Waals surface area contributed by atoms with Crippen LogP contribution in [0.5, 0.6) is 0 Å². The Morgan fingerprint density at radius 2 is 1.69 bits per heavy atom. The molecular formula is C18H22N4O2S2. The van der Waals surface area contributed by atoms with Gasteiger partial charge in [-0.2, -0.15) is 5.10 Å². The van der Waals surface area contributed by atoms with Gasteiger partial charge in [0.1, 0.15) is 0 Å². The van der Waals surface area contributed by atoms with E-state index in [1.54, 1.807) is 24.3 Å². The third kappa shape index (κ3) is 5.35. The lowest BCUT2D eigenvalue weighted by Crippen LogP contribution is -2.32. The first-order valence-electron chi connectivity index (χ1n) is 7.95. The molecule has 0 saturated heterocycles. The molecule has 0 saturated carbocycles. The fraction of sp³-hybridized carbons (Fsp3) is 0.222. The molecule has 0 aliphatic carbocycles. The maximum absolute atomic E-state index is 12.1. The lowest BCUT2D eigenvalue weighted by Gasteiger charge is -2.12. The Bertz CT molecular complexity index is 877. The van der Waals surface area contributed by atoms with E-state index >= 15 is 0 Å². The van der Waals surface area contributed by atoms with Gasteiger partial charge in [-0.1, -0.05) is 42.5 Å². The highest BCUT2D eigenvalue weighted by molar-refractivity contribution is 7.89. The van der Waals surface area contributed by atoms with Gasteiger partial charge in [-0.05, 0) is 42.4 Å². The van der Waals surface area contributed by atoms with Crippen molar-refractivity contribution in [2.75, 3.05) is 14.1 Å². The van der Waals surface area contributed by atoms with Crippen LogP contribution >= 0.6 is 12.2 Å². The molecule has 0 radical (unpaired) electrons. The molecule has 138 valence electrons. The maximum Gasteiger partial charge on any atom is 0.242 e. The van der Waals surface area contributed by atoms with Gasteiger partial charge in [0.05, 0.1) is 10.6 Å². The van der Waals surface area contributed by atoms with Crippen molar-refractivity contribution in [2.45, 2.75) is 18.4 Å². The van der Waals surface area contributed by atoms with E-state index in [0.29, 0.717) is 17.4 Å². The molecular weight excluding hydrogens is 368 g/mol. The molecule has 0 fully saturated rings. The van der Waals surface area contributed by atoms with E-state index in [1.165, 1.54) is 18.4 Å². The molecule has 0 heterocycles. The summed E-state index contributed by atoms with van der Waals surface area (Å²) in [7, 11) is -0.425. The summed E-state index contributed by atoms with van der Waals surface area (Å²) in [4.78, 5) is 0.243. The van der Waals surface area contributed by atoms with E-state index in [9.17, 15) is 8.42 Å². The quantitative estimate of drug-likeness (QED) is 0.450. The molecule has 2 aromatic rings. The largest absolute Gasteiger partial charge is 0.357 e. The van der Waals surface area contributed by atoms with Gasteiger partial charge in [0.25, 0.3) is 0 Å². The third-order valence-electron chi connectivity index (χ3n) is 3.67. The molecule has 0 unspecified atom stereocenters. The molecule has 0 aliphatic heterocycles. The number of sulfonamides is 1. The Morgan fingerprint density at radius 1 is 1.08 bits per heavy atom.